The van der Waals surface area contributed by atoms with E-state index in [1.807, 2.05) is 6.07 Å². The Bertz CT molecular complexity index is 413. The molecule has 0 radical (unpaired) electrons. The number of hydrogen-bond acceptors (Lipinski definition) is 5. The zero-order valence-electron chi connectivity index (χ0n) is 11.5. The summed E-state index contributed by atoms with van der Waals surface area (Å²) >= 11 is 0. The van der Waals surface area contributed by atoms with Gasteiger partial charge in [0.25, 0.3) is 0 Å². The van der Waals surface area contributed by atoms with E-state index in [1.165, 1.54) is 12.8 Å². The first-order chi connectivity index (χ1) is 9.20. The minimum atomic E-state index is -0.356. The molecule has 1 aliphatic rings. The smallest absolute Gasteiger partial charge is 0.340 e. The minimum Gasteiger partial charge on any atom is -0.457 e. The summed E-state index contributed by atoms with van der Waals surface area (Å²) in [6, 6.07) is 3.64. The highest BCUT2D eigenvalue weighted by molar-refractivity contribution is 5.89. The normalized spacial score (nSPS) is 16.4. The van der Waals surface area contributed by atoms with Gasteiger partial charge in [-0.25, -0.2) is 9.78 Å². The fraction of sp³-hybridized carbons (Fsp3) is 0.571. The predicted molar refractivity (Wildman–Crippen MR) is 72.4 cm³/mol. The quantitative estimate of drug-likeness (QED) is 0.760. The van der Waals surface area contributed by atoms with Crippen LogP contribution in [-0.2, 0) is 9.47 Å². The monoisotopic (exact) mass is 264 g/mol. The average molecular weight is 264 g/mol. The second-order valence-electron chi connectivity index (χ2n) is 4.77. The van der Waals surface area contributed by atoms with E-state index in [0.29, 0.717) is 12.2 Å². The van der Waals surface area contributed by atoms with Crippen LogP contribution in [0.1, 0.15) is 30.1 Å². The van der Waals surface area contributed by atoms with Crippen molar-refractivity contribution in [2.75, 3.05) is 31.7 Å². The highest BCUT2D eigenvalue weighted by Crippen LogP contribution is 2.17. The van der Waals surface area contributed by atoms with Gasteiger partial charge in [0.15, 0.2) is 0 Å². The van der Waals surface area contributed by atoms with Gasteiger partial charge in [0.1, 0.15) is 11.9 Å². The van der Waals surface area contributed by atoms with Crippen LogP contribution in [0.25, 0.3) is 0 Å². The van der Waals surface area contributed by atoms with Crippen LogP contribution in [-0.4, -0.2) is 43.9 Å². The first kappa shape index (κ1) is 13.8. The van der Waals surface area contributed by atoms with Crippen molar-refractivity contribution in [3.05, 3.63) is 23.9 Å². The van der Waals surface area contributed by atoms with Crippen LogP contribution in [0, 0.1) is 0 Å². The van der Waals surface area contributed by atoms with Gasteiger partial charge in [-0.1, -0.05) is 0 Å². The van der Waals surface area contributed by atoms with Crippen LogP contribution < -0.4 is 4.90 Å². The van der Waals surface area contributed by atoms with E-state index in [-0.39, 0.29) is 12.1 Å². The molecule has 5 nitrogen and oxygen atoms in total. The summed E-state index contributed by atoms with van der Waals surface area (Å²) in [6.45, 7) is 4.28. The molecule has 1 atom stereocenters. The Hall–Kier alpha value is -1.62. The number of nitrogens with zero attached hydrogens (tertiary/aromatic N) is 2. The molecule has 1 saturated heterocycles. The number of carbonyl (C=O) groups excluding carboxylic acids is 1. The van der Waals surface area contributed by atoms with Gasteiger partial charge in [-0.2, -0.15) is 0 Å². The minimum absolute atomic E-state index is 0.254. The molecule has 104 valence electrons. The number of ether oxygens (including phenoxy) is 2. The molecular formula is C14H20N2O3. The molecular weight excluding hydrogens is 244 g/mol. The SMILES string of the molecule is COC[C@H](C)OC(=O)c1ccc(N2CCCC2)nc1. The Labute approximate surface area is 113 Å². The fourth-order valence-electron chi connectivity index (χ4n) is 2.16. The zero-order chi connectivity index (χ0) is 13.7. The van der Waals surface area contributed by atoms with Crippen molar-refractivity contribution in [1.29, 1.82) is 0 Å². The van der Waals surface area contributed by atoms with Crippen LogP contribution in [0.3, 0.4) is 0 Å². The molecule has 5 heteroatoms. The van der Waals surface area contributed by atoms with Crippen molar-refractivity contribution in [3.63, 3.8) is 0 Å². The second-order valence-corrected chi connectivity index (χ2v) is 4.77. The van der Waals surface area contributed by atoms with Gasteiger partial charge < -0.3 is 14.4 Å². The van der Waals surface area contributed by atoms with Crippen molar-refractivity contribution < 1.29 is 14.3 Å². The molecule has 0 bridgehead atoms. The third kappa shape index (κ3) is 3.67. The summed E-state index contributed by atoms with van der Waals surface area (Å²) in [7, 11) is 1.58. The summed E-state index contributed by atoms with van der Waals surface area (Å²) in [5.74, 6) is 0.573. The van der Waals surface area contributed by atoms with E-state index in [1.54, 1.807) is 26.3 Å². The molecule has 1 aliphatic heterocycles. The van der Waals surface area contributed by atoms with Gasteiger partial charge in [0.05, 0.1) is 12.2 Å². The maximum Gasteiger partial charge on any atom is 0.340 e. The lowest BCUT2D eigenvalue weighted by molar-refractivity contribution is 0.0120. The standard InChI is InChI=1S/C14H20N2O3/c1-11(10-18-2)19-14(17)12-5-6-13(15-9-12)16-7-3-4-8-16/h5-6,9,11H,3-4,7-8,10H2,1-2H3/t11-/m0/s1. The predicted octanol–water partition coefficient (Wildman–Crippen LogP) is 1.87. The summed E-state index contributed by atoms with van der Waals surface area (Å²) in [5.41, 5.74) is 0.478. The van der Waals surface area contributed by atoms with E-state index in [0.717, 1.165) is 18.9 Å². The van der Waals surface area contributed by atoms with Crippen LogP contribution in [0.15, 0.2) is 18.3 Å². The largest absolute Gasteiger partial charge is 0.457 e. The Morgan fingerprint density at radius 2 is 2.16 bits per heavy atom. The van der Waals surface area contributed by atoms with Gasteiger partial charge in [-0.05, 0) is 31.9 Å². The lowest BCUT2D eigenvalue weighted by atomic mass is 10.3. The highest BCUT2D eigenvalue weighted by atomic mass is 16.6. The molecule has 0 unspecified atom stereocenters. The number of carbonyl (C=O) groups is 1. The van der Waals surface area contributed by atoms with Crippen LogP contribution in [0.4, 0.5) is 5.82 Å². The first-order valence-corrected chi connectivity index (χ1v) is 6.61. The number of methoxy groups -OCH3 is 1. The number of rotatable bonds is 5. The van der Waals surface area contributed by atoms with Gasteiger partial charge in [-0.15, -0.1) is 0 Å². The van der Waals surface area contributed by atoms with E-state index >= 15 is 0 Å². The van der Waals surface area contributed by atoms with Gasteiger partial charge in [-0.3, -0.25) is 0 Å². The third-order valence-electron chi connectivity index (χ3n) is 3.12. The van der Waals surface area contributed by atoms with Crippen molar-refractivity contribution in [2.45, 2.75) is 25.9 Å². The molecule has 0 aliphatic carbocycles. The molecule has 1 fully saturated rings. The van der Waals surface area contributed by atoms with E-state index in [9.17, 15) is 4.79 Å². The molecule has 0 N–H and O–H groups in total. The van der Waals surface area contributed by atoms with Crippen LogP contribution in [0.5, 0.6) is 0 Å². The van der Waals surface area contributed by atoms with E-state index < -0.39 is 0 Å². The number of pyridine rings is 1. The summed E-state index contributed by atoms with van der Waals surface area (Å²) < 4.78 is 10.2. The fourth-order valence-corrected chi connectivity index (χ4v) is 2.16. The highest BCUT2D eigenvalue weighted by Gasteiger charge is 2.15. The lowest BCUT2D eigenvalue weighted by Crippen LogP contribution is -2.21. The molecule has 19 heavy (non-hydrogen) atoms. The summed E-state index contributed by atoms with van der Waals surface area (Å²) in [6.07, 6.45) is 3.74. The molecule has 1 aromatic rings. The lowest BCUT2D eigenvalue weighted by Gasteiger charge is -2.16. The van der Waals surface area contributed by atoms with E-state index in [2.05, 4.69) is 9.88 Å². The molecule has 0 saturated carbocycles. The van der Waals surface area contributed by atoms with Crippen molar-refractivity contribution in [1.82, 2.24) is 4.98 Å². The Kier molecular flexibility index (Phi) is 4.74. The van der Waals surface area contributed by atoms with Gasteiger partial charge in [0, 0.05) is 26.4 Å². The van der Waals surface area contributed by atoms with Crippen molar-refractivity contribution >= 4 is 11.8 Å². The number of hydrogen-bond donors (Lipinski definition) is 0. The number of anilines is 1. The molecule has 0 amide bonds. The summed E-state index contributed by atoms with van der Waals surface area (Å²) in [5, 5.41) is 0. The first-order valence-electron chi connectivity index (χ1n) is 6.61. The maximum atomic E-state index is 11.8. The molecule has 2 heterocycles. The third-order valence-corrected chi connectivity index (χ3v) is 3.12. The Morgan fingerprint density at radius 1 is 1.42 bits per heavy atom. The molecule has 0 spiro atoms. The Morgan fingerprint density at radius 3 is 2.74 bits per heavy atom. The molecule has 1 aromatic heterocycles. The molecule has 0 aromatic carbocycles. The maximum absolute atomic E-state index is 11.8. The number of aromatic nitrogens is 1. The van der Waals surface area contributed by atoms with Gasteiger partial charge >= 0.3 is 5.97 Å². The Balaban J connectivity index is 1.95. The number of esters is 1. The van der Waals surface area contributed by atoms with Crippen LogP contribution >= 0.6 is 0 Å². The zero-order valence-corrected chi connectivity index (χ0v) is 11.5. The molecule has 2 rings (SSSR count). The van der Waals surface area contributed by atoms with Crippen LogP contribution in [0.2, 0.25) is 0 Å². The van der Waals surface area contributed by atoms with Gasteiger partial charge in [0.2, 0.25) is 0 Å². The van der Waals surface area contributed by atoms with Crippen molar-refractivity contribution in [3.8, 4) is 0 Å². The second kappa shape index (κ2) is 6.52. The topological polar surface area (TPSA) is 51.7 Å². The summed E-state index contributed by atoms with van der Waals surface area (Å²) in [4.78, 5) is 18.4. The average Bonchev–Trinajstić information content (AvgIpc) is 2.93. The van der Waals surface area contributed by atoms with Crippen molar-refractivity contribution in [2.24, 2.45) is 0 Å². The van der Waals surface area contributed by atoms with E-state index in [4.69, 9.17) is 9.47 Å².